The van der Waals surface area contributed by atoms with Gasteiger partial charge in [-0.1, -0.05) is 13.0 Å². The average molecular weight is 183 g/mol. The van der Waals surface area contributed by atoms with Crippen LogP contribution in [0.15, 0.2) is 24.5 Å². The fraction of sp³-hybridized carbons (Fsp3) is 0.182. The Kier molecular flexibility index (Phi) is 2.11. The van der Waals surface area contributed by atoms with E-state index in [0.29, 0.717) is 11.1 Å². The van der Waals surface area contributed by atoms with E-state index in [0.717, 1.165) is 17.5 Å². The zero-order valence-electron chi connectivity index (χ0n) is 7.86. The third-order valence-electron chi connectivity index (χ3n) is 2.21. The summed E-state index contributed by atoms with van der Waals surface area (Å²) in [6.45, 7) is 2.06. The molecule has 0 saturated carbocycles. The zero-order chi connectivity index (χ0) is 9.97. The van der Waals surface area contributed by atoms with Gasteiger partial charge in [0.1, 0.15) is 11.6 Å². The van der Waals surface area contributed by atoms with Crippen molar-refractivity contribution in [2.45, 2.75) is 13.3 Å². The van der Waals surface area contributed by atoms with Gasteiger partial charge in [0.2, 0.25) is 0 Å². The van der Waals surface area contributed by atoms with Gasteiger partial charge in [-0.05, 0) is 18.1 Å². The van der Waals surface area contributed by atoms with Crippen LogP contribution in [0.5, 0.6) is 0 Å². The lowest BCUT2D eigenvalue weighted by atomic mass is 10.1. The van der Waals surface area contributed by atoms with Crippen LogP contribution in [0.3, 0.4) is 0 Å². The lowest BCUT2D eigenvalue weighted by Gasteiger charge is -2.02. The van der Waals surface area contributed by atoms with Crippen molar-refractivity contribution in [3.63, 3.8) is 0 Å². The highest BCUT2D eigenvalue weighted by molar-refractivity contribution is 5.83. The lowest BCUT2D eigenvalue weighted by Crippen LogP contribution is -1.92. The molecule has 0 aliphatic carbocycles. The summed E-state index contributed by atoms with van der Waals surface area (Å²) in [6.07, 6.45) is 4.17. The van der Waals surface area contributed by atoms with Crippen LogP contribution in [0.2, 0.25) is 0 Å². The van der Waals surface area contributed by atoms with Gasteiger partial charge in [-0.3, -0.25) is 9.97 Å². The number of benzene rings is 1. The van der Waals surface area contributed by atoms with Gasteiger partial charge < -0.3 is 0 Å². The predicted octanol–water partition coefficient (Wildman–Crippen LogP) is 2.06. The smallest absolute Gasteiger partial charge is 0.107 e. The van der Waals surface area contributed by atoms with E-state index >= 15 is 0 Å². The van der Waals surface area contributed by atoms with Crippen molar-refractivity contribution in [3.8, 4) is 6.07 Å². The van der Waals surface area contributed by atoms with Crippen molar-refractivity contribution in [2.75, 3.05) is 0 Å². The first-order valence-corrected chi connectivity index (χ1v) is 4.49. The van der Waals surface area contributed by atoms with Crippen molar-refractivity contribution in [1.29, 1.82) is 5.26 Å². The minimum Gasteiger partial charge on any atom is -0.253 e. The van der Waals surface area contributed by atoms with Gasteiger partial charge in [-0.25, -0.2) is 0 Å². The molecular formula is C11H9N3. The third kappa shape index (κ3) is 1.21. The highest BCUT2D eigenvalue weighted by Crippen LogP contribution is 2.18. The molecule has 0 atom stereocenters. The van der Waals surface area contributed by atoms with Gasteiger partial charge in [-0.2, -0.15) is 5.26 Å². The summed E-state index contributed by atoms with van der Waals surface area (Å²) in [5.74, 6) is 0. The molecule has 0 amide bonds. The summed E-state index contributed by atoms with van der Waals surface area (Å²) < 4.78 is 0. The van der Waals surface area contributed by atoms with Gasteiger partial charge in [0.15, 0.2) is 0 Å². The maximum Gasteiger partial charge on any atom is 0.107 e. The Hall–Kier alpha value is -1.95. The molecule has 3 heteroatoms. The van der Waals surface area contributed by atoms with Crippen LogP contribution in [-0.4, -0.2) is 9.97 Å². The second-order valence-electron chi connectivity index (χ2n) is 2.99. The fourth-order valence-electron chi connectivity index (χ4n) is 1.49. The minimum absolute atomic E-state index is 0.588. The van der Waals surface area contributed by atoms with Crippen LogP contribution in [0, 0.1) is 11.3 Å². The number of rotatable bonds is 1. The Morgan fingerprint density at radius 3 is 2.57 bits per heavy atom. The Morgan fingerprint density at radius 1 is 1.21 bits per heavy atom. The highest BCUT2D eigenvalue weighted by atomic mass is 14.8. The van der Waals surface area contributed by atoms with Crippen LogP contribution in [0.4, 0.5) is 0 Å². The number of nitrogens with zero attached hydrogens (tertiary/aromatic N) is 3. The van der Waals surface area contributed by atoms with Gasteiger partial charge in [-0.15, -0.1) is 0 Å². The molecule has 3 nitrogen and oxygen atoms in total. The molecule has 1 aromatic carbocycles. The van der Waals surface area contributed by atoms with Crippen molar-refractivity contribution in [2.24, 2.45) is 0 Å². The minimum atomic E-state index is 0.588. The number of aromatic nitrogens is 2. The summed E-state index contributed by atoms with van der Waals surface area (Å²) >= 11 is 0. The molecular weight excluding hydrogens is 174 g/mol. The van der Waals surface area contributed by atoms with E-state index in [1.54, 1.807) is 18.5 Å². The molecule has 0 bridgehead atoms. The maximum absolute atomic E-state index is 8.88. The van der Waals surface area contributed by atoms with E-state index in [4.69, 9.17) is 5.26 Å². The topological polar surface area (TPSA) is 49.6 Å². The standard InChI is InChI=1S/C11H9N3/c1-2-8-3-4-9(7-12)11-10(8)13-5-6-14-11/h3-6H,2H2,1H3. The maximum atomic E-state index is 8.88. The summed E-state index contributed by atoms with van der Waals surface area (Å²) in [5.41, 5.74) is 3.26. The summed E-state index contributed by atoms with van der Waals surface area (Å²) in [4.78, 5) is 8.42. The molecule has 1 heterocycles. The second-order valence-corrected chi connectivity index (χ2v) is 2.99. The van der Waals surface area contributed by atoms with Crippen LogP contribution in [0.1, 0.15) is 18.1 Å². The molecule has 2 aromatic rings. The molecule has 0 N–H and O–H groups in total. The quantitative estimate of drug-likeness (QED) is 0.680. The van der Waals surface area contributed by atoms with Gasteiger partial charge >= 0.3 is 0 Å². The predicted molar refractivity (Wildman–Crippen MR) is 53.6 cm³/mol. The third-order valence-corrected chi connectivity index (χ3v) is 2.21. The Labute approximate surface area is 82.0 Å². The van der Waals surface area contributed by atoms with E-state index in [-0.39, 0.29) is 0 Å². The molecule has 0 radical (unpaired) electrons. The van der Waals surface area contributed by atoms with Gasteiger partial charge in [0.05, 0.1) is 11.1 Å². The van der Waals surface area contributed by atoms with E-state index < -0.39 is 0 Å². The van der Waals surface area contributed by atoms with Crippen LogP contribution in [-0.2, 0) is 6.42 Å². The molecule has 68 valence electrons. The molecule has 0 unspecified atom stereocenters. The molecule has 14 heavy (non-hydrogen) atoms. The monoisotopic (exact) mass is 183 g/mol. The second kappa shape index (κ2) is 3.43. The number of hydrogen-bond acceptors (Lipinski definition) is 3. The summed E-state index contributed by atoms with van der Waals surface area (Å²) in [5, 5.41) is 8.88. The van der Waals surface area contributed by atoms with Crippen LogP contribution >= 0.6 is 0 Å². The summed E-state index contributed by atoms with van der Waals surface area (Å²) in [7, 11) is 0. The van der Waals surface area contributed by atoms with Crippen LogP contribution < -0.4 is 0 Å². The normalized spacial score (nSPS) is 10.0. The largest absolute Gasteiger partial charge is 0.253 e. The van der Waals surface area contributed by atoms with Gasteiger partial charge in [0, 0.05) is 12.4 Å². The van der Waals surface area contributed by atoms with Crippen LogP contribution in [0.25, 0.3) is 11.0 Å². The van der Waals surface area contributed by atoms with E-state index in [1.165, 1.54) is 0 Å². The van der Waals surface area contributed by atoms with Crippen molar-refractivity contribution in [1.82, 2.24) is 9.97 Å². The first-order valence-electron chi connectivity index (χ1n) is 4.49. The van der Waals surface area contributed by atoms with E-state index in [2.05, 4.69) is 23.0 Å². The molecule has 0 spiro atoms. The van der Waals surface area contributed by atoms with Crippen molar-refractivity contribution in [3.05, 3.63) is 35.7 Å². The Morgan fingerprint density at radius 2 is 1.93 bits per heavy atom. The first kappa shape index (κ1) is 8.64. The number of aryl methyl sites for hydroxylation is 1. The molecule has 0 aliphatic heterocycles. The number of hydrogen-bond donors (Lipinski definition) is 0. The summed E-state index contributed by atoms with van der Waals surface area (Å²) in [6, 6.07) is 5.86. The SMILES string of the molecule is CCc1ccc(C#N)c2nccnc12. The first-order chi connectivity index (χ1) is 6.86. The van der Waals surface area contributed by atoms with Crippen molar-refractivity contribution >= 4 is 11.0 Å². The zero-order valence-corrected chi connectivity index (χ0v) is 7.86. The van der Waals surface area contributed by atoms with Crippen molar-refractivity contribution < 1.29 is 0 Å². The fourth-order valence-corrected chi connectivity index (χ4v) is 1.49. The number of fused-ring (bicyclic) bond motifs is 1. The van der Waals surface area contributed by atoms with E-state index in [1.807, 2.05) is 6.07 Å². The molecule has 1 aromatic heterocycles. The molecule has 2 rings (SSSR count). The number of nitriles is 1. The highest BCUT2D eigenvalue weighted by Gasteiger charge is 2.05. The van der Waals surface area contributed by atoms with Gasteiger partial charge in [0.25, 0.3) is 0 Å². The molecule has 0 fully saturated rings. The van der Waals surface area contributed by atoms with E-state index in [9.17, 15) is 0 Å². The lowest BCUT2D eigenvalue weighted by molar-refractivity contribution is 1.13. The average Bonchev–Trinajstić information content (AvgIpc) is 2.27. The Bertz CT molecular complexity index is 511. The Balaban J connectivity index is 2.87. The molecule has 0 saturated heterocycles. The molecule has 0 aliphatic rings.